The molecular formula is C14H20BrN. The summed E-state index contributed by atoms with van der Waals surface area (Å²) in [5.41, 5.74) is 1.83. The zero-order valence-corrected chi connectivity index (χ0v) is 11.5. The third-order valence-corrected chi connectivity index (χ3v) is 4.91. The lowest BCUT2D eigenvalue weighted by atomic mass is 9.88. The smallest absolute Gasteiger partial charge is 0.0363 e. The number of rotatable bonds is 4. The van der Waals surface area contributed by atoms with Gasteiger partial charge in [-0.15, -0.1) is 0 Å². The number of benzene rings is 1. The summed E-state index contributed by atoms with van der Waals surface area (Å²) in [4.78, 5) is 2.40. The first kappa shape index (κ1) is 12.0. The Morgan fingerprint density at radius 2 is 1.81 bits per heavy atom. The van der Waals surface area contributed by atoms with Crippen LogP contribution in [0.1, 0.15) is 25.7 Å². The molecule has 1 aliphatic carbocycles. The summed E-state index contributed by atoms with van der Waals surface area (Å²) in [6.45, 7) is 1.17. The molecule has 0 aromatic heterocycles. The number of anilines is 1. The minimum atomic E-state index is 0.505. The van der Waals surface area contributed by atoms with Gasteiger partial charge in [0.25, 0.3) is 0 Å². The molecular weight excluding hydrogens is 262 g/mol. The van der Waals surface area contributed by atoms with E-state index >= 15 is 0 Å². The first-order valence-corrected chi connectivity index (χ1v) is 7.20. The van der Waals surface area contributed by atoms with Gasteiger partial charge in [0.2, 0.25) is 0 Å². The maximum absolute atomic E-state index is 3.71. The predicted molar refractivity (Wildman–Crippen MR) is 74.4 cm³/mol. The van der Waals surface area contributed by atoms with E-state index in [1.54, 1.807) is 0 Å². The Balaban J connectivity index is 2.03. The zero-order chi connectivity index (χ0) is 11.4. The van der Waals surface area contributed by atoms with Crippen molar-refractivity contribution < 1.29 is 0 Å². The molecule has 1 aromatic rings. The summed E-state index contributed by atoms with van der Waals surface area (Å²) in [5.74, 6) is 0. The third kappa shape index (κ3) is 2.60. The highest BCUT2D eigenvalue weighted by Crippen LogP contribution is 2.40. The number of para-hydroxylation sites is 1. The van der Waals surface area contributed by atoms with Crippen molar-refractivity contribution in [1.29, 1.82) is 0 Å². The van der Waals surface area contributed by atoms with E-state index in [0.29, 0.717) is 5.41 Å². The Bertz CT molecular complexity index is 317. The minimum absolute atomic E-state index is 0.505. The fraction of sp³-hybridized carbons (Fsp3) is 0.571. The van der Waals surface area contributed by atoms with Gasteiger partial charge in [-0.25, -0.2) is 0 Å². The molecule has 0 spiro atoms. The molecule has 1 nitrogen and oxygen atoms in total. The van der Waals surface area contributed by atoms with Gasteiger partial charge in [-0.05, 0) is 30.4 Å². The number of nitrogens with zero attached hydrogens (tertiary/aromatic N) is 1. The van der Waals surface area contributed by atoms with Crippen molar-refractivity contribution in [3.8, 4) is 0 Å². The molecule has 1 aromatic carbocycles. The molecule has 0 N–H and O–H groups in total. The highest BCUT2D eigenvalue weighted by atomic mass is 79.9. The molecule has 0 saturated heterocycles. The third-order valence-electron chi connectivity index (χ3n) is 3.72. The van der Waals surface area contributed by atoms with E-state index in [1.165, 1.54) is 37.9 Å². The number of halogens is 1. The molecule has 2 heteroatoms. The maximum atomic E-state index is 3.71. The summed E-state index contributed by atoms with van der Waals surface area (Å²) in [6.07, 6.45) is 5.54. The highest BCUT2D eigenvalue weighted by Gasteiger charge is 2.33. The van der Waals surface area contributed by atoms with E-state index in [9.17, 15) is 0 Å². The first-order valence-electron chi connectivity index (χ1n) is 6.08. The van der Waals surface area contributed by atoms with Crippen LogP contribution in [0.2, 0.25) is 0 Å². The van der Waals surface area contributed by atoms with Crippen molar-refractivity contribution in [3.63, 3.8) is 0 Å². The Labute approximate surface area is 107 Å². The van der Waals surface area contributed by atoms with E-state index in [1.807, 2.05) is 0 Å². The van der Waals surface area contributed by atoms with Crippen molar-refractivity contribution in [2.75, 3.05) is 23.8 Å². The van der Waals surface area contributed by atoms with E-state index in [0.717, 1.165) is 5.33 Å². The van der Waals surface area contributed by atoms with Gasteiger partial charge in [-0.1, -0.05) is 47.0 Å². The molecule has 0 radical (unpaired) electrons. The lowest BCUT2D eigenvalue weighted by molar-refractivity contribution is 0.356. The molecule has 0 heterocycles. The Morgan fingerprint density at radius 3 is 2.38 bits per heavy atom. The lowest BCUT2D eigenvalue weighted by Gasteiger charge is -2.33. The first-order chi connectivity index (χ1) is 7.76. The molecule has 88 valence electrons. The summed E-state index contributed by atoms with van der Waals surface area (Å²) in [5, 5.41) is 1.14. The average molecular weight is 282 g/mol. The van der Waals surface area contributed by atoms with Crippen LogP contribution in [0.4, 0.5) is 5.69 Å². The Hall–Kier alpha value is -0.500. The van der Waals surface area contributed by atoms with Crippen LogP contribution in [0.3, 0.4) is 0 Å². The second kappa shape index (κ2) is 5.22. The Morgan fingerprint density at radius 1 is 1.19 bits per heavy atom. The average Bonchev–Trinajstić information content (AvgIpc) is 2.79. The summed E-state index contributed by atoms with van der Waals surface area (Å²) < 4.78 is 0. The number of hydrogen-bond acceptors (Lipinski definition) is 1. The van der Waals surface area contributed by atoms with Gasteiger partial charge in [0.05, 0.1) is 0 Å². The number of hydrogen-bond donors (Lipinski definition) is 0. The summed E-state index contributed by atoms with van der Waals surface area (Å²) in [7, 11) is 2.21. The van der Waals surface area contributed by atoms with Crippen molar-refractivity contribution in [2.45, 2.75) is 25.7 Å². The molecule has 2 rings (SSSR count). The van der Waals surface area contributed by atoms with Crippen molar-refractivity contribution in [2.24, 2.45) is 5.41 Å². The second-order valence-electron chi connectivity index (χ2n) is 5.03. The normalized spacial score (nSPS) is 18.6. The van der Waals surface area contributed by atoms with Gasteiger partial charge in [-0.2, -0.15) is 0 Å². The SMILES string of the molecule is CN(CC1(CBr)CCCC1)c1ccccc1. The van der Waals surface area contributed by atoms with E-state index < -0.39 is 0 Å². The summed E-state index contributed by atoms with van der Waals surface area (Å²) >= 11 is 3.71. The monoisotopic (exact) mass is 281 g/mol. The van der Waals surface area contributed by atoms with Gasteiger partial charge in [0, 0.05) is 24.6 Å². The van der Waals surface area contributed by atoms with Crippen LogP contribution in [0.25, 0.3) is 0 Å². The van der Waals surface area contributed by atoms with Crippen LogP contribution in [0, 0.1) is 5.41 Å². The van der Waals surface area contributed by atoms with Crippen molar-refractivity contribution in [3.05, 3.63) is 30.3 Å². The largest absolute Gasteiger partial charge is 0.374 e. The highest BCUT2D eigenvalue weighted by molar-refractivity contribution is 9.09. The molecule has 0 amide bonds. The van der Waals surface area contributed by atoms with Gasteiger partial charge in [0.1, 0.15) is 0 Å². The standard InChI is InChI=1S/C14H20BrN/c1-16(13-7-3-2-4-8-13)12-14(11-15)9-5-6-10-14/h2-4,7-8H,5-6,9-12H2,1H3. The van der Waals surface area contributed by atoms with Gasteiger partial charge < -0.3 is 4.90 Å². The maximum Gasteiger partial charge on any atom is 0.0363 e. The molecule has 1 saturated carbocycles. The fourth-order valence-corrected chi connectivity index (χ4v) is 3.47. The van der Waals surface area contributed by atoms with Crippen LogP contribution >= 0.6 is 15.9 Å². The van der Waals surface area contributed by atoms with E-state index in [-0.39, 0.29) is 0 Å². The van der Waals surface area contributed by atoms with Gasteiger partial charge in [-0.3, -0.25) is 0 Å². The van der Waals surface area contributed by atoms with Crippen LogP contribution in [-0.4, -0.2) is 18.9 Å². The van der Waals surface area contributed by atoms with Crippen LogP contribution < -0.4 is 4.90 Å². The number of alkyl halides is 1. The summed E-state index contributed by atoms with van der Waals surface area (Å²) in [6, 6.07) is 10.7. The fourth-order valence-electron chi connectivity index (χ4n) is 2.74. The molecule has 16 heavy (non-hydrogen) atoms. The molecule has 0 unspecified atom stereocenters. The van der Waals surface area contributed by atoms with Gasteiger partial charge in [0.15, 0.2) is 0 Å². The molecule has 1 aliphatic rings. The molecule has 1 fully saturated rings. The minimum Gasteiger partial charge on any atom is -0.374 e. The van der Waals surface area contributed by atoms with Crippen LogP contribution in [0.15, 0.2) is 30.3 Å². The van der Waals surface area contributed by atoms with Crippen LogP contribution in [-0.2, 0) is 0 Å². The zero-order valence-electron chi connectivity index (χ0n) is 9.95. The van der Waals surface area contributed by atoms with Crippen molar-refractivity contribution >= 4 is 21.6 Å². The van der Waals surface area contributed by atoms with Gasteiger partial charge >= 0.3 is 0 Å². The molecule has 0 bridgehead atoms. The van der Waals surface area contributed by atoms with Crippen LogP contribution in [0.5, 0.6) is 0 Å². The lowest BCUT2D eigenvalue weighted by Crippen LogP contribution is -2.35. The Kier molecular flexibility index (Phi) is 3.91. The predicted octanol–water partition coefficient (Wildman–Crippen LogP) is 4.08. The molecule has 0 atom stereocenters. The quantitative estimate of drug-likeness (QED) is 0.752. The molecule has 0 aliphatic heterocycles. The second-order valence-corrected chi connectivity index (χ2v) is 5.59. The topological polar surface area (TPSA) is 3.24 Å². The van der Waals surface area contributed by atoms with Crippen molar-refractivity contribution in [1.82, 2.24) is 0 Å². The van der Waals surface area contributed by atoms with E-state index in [2.05, 4.69) is 58.2 Å². The van der Waals surface area contributed by atoms with E-state index in [4.69, 9.17) is 0 Å².